The number of ether oxygens (including phenoxy) is 1. The predicted octanol–water partition coefficient (Wildman–Crippen LogP) is 5.96. The molecule has 0 radical (unpaired) electrons. The number of halogens is 2. The largest absolute Gasteiger partial charge is 0.494 e. The summed E-state index contributed by atoms with van der Waals surface area (Å²) in [5.41, 5.74) is 2.77. The van der Waals surface area contributed by atoms with Crippen LogP contribution >= 0.6 is 23.2 Å². The second-order valence-corrected chi connectivity index (χ2v) is 7.43. The van der Waals surface area contributed by atoms with Gasteiger partial charge in [-0.15, -0.1) is 0 Å². The first-order valence-electron chi connectivity index (χ1n) is 8.50. The van der Waals surface area contributed by atoms with Crippen LogP contribution in [0.2, 0.25) is 10.0 Å². The van der Waals surface area contributed by atoms with Crippen LogP contribution in [-0.2, 0) is 6.42 Å². The molecule has 140 valence electrons. The Bertz CT molecular complexity index is 1030. The fourth-order valence-corrected chi connectivity index (χ4v) is 3.62. The Balaban J connectivity index is 2.42. The molecule has 1 N–H and O–H groups in total. The van der Waals surface area contributed by atoms with Crippen molar-refractivity contribution in [2.24, 2.45) is 0 Å². The summed E-state index contributed by atoms with van der Waals surface area (Å²) in [6.45, 7) is 3.84. The van der Waals surface area contributed by atoms with Crippen LogP contribution in [0, 0.1) is 0 Å². The third-order valence-electron chi connectivity index (χ3n) is 4.46. The number of methoxy groups -OCH3 is 1. The molecule has 0 saturated heterocycles. The molecule has 1 aromatic heterocycles. The second-order valence-electron chi connectivity index (χ2n) is 6.58. The maximum atomic E-state index is 12.2. The van der Waals surface area contributed by atoms with E-state index in [2.05, 4.69) is 4.98 Å². The molecule has 0 unspecified atom stereocenters. The van der Waals surface area contributed by atoms with E-state index in [0.717, 1.165) is 5.56 Å². The zero-order valence-corrected chi connectivity index (χ0v) is 16.7. The van der Waals surface area contributed by atoms with Gasteiger partial charge in [0, 0.05) is 27.9 Å². The van der Waals surface area contributed by atoms with Crippen molar-refractivity contribution >= 4 is 40.1 Å². The SMILES string of the molecule is COc1cc(Cl)cc2c(Cc3ccccc3Cl)c(C(=O)O)c(C(C)C)nc12. The summed E-state index contributed by atoms with van der Waals surface area (Å²) in [5, 5.41) is 11.7. The minimum Gasteiger partial charge on any atom is -0.494 e. The molecule has 27 heavy (non-hydrogen) atoms. The molecule has 0 spiro atoms. The number of rotatable bonds is 5. The van der Waals surface area contributed by atoms with Gasteiger partial charge < -0.3 is 9.84 Å². The number of nitrogens with zero attached hydrogens (tertiary/aromatic N) is 1. The lowest BCUT2D eigenvalue weighted by atomic mass is 9.91. The average molecular weight is 404 g/mol. The van der Waals surface area contributed by atoms with E-state index in [1.54, 1.807) is 25.3 Å². The van der Waals surface area contributed by atoms with Gasteiger partial charge in [0.2, 0.25) is 0 Å². The quantitative estimate of drug-likeness (QED) is 0.570. The van der Waals surface area contributed by atoms with Gasteiger partial charge in [-0.25, -0.2) is 9.78 Å². The molecule has 0 saturated carbocycles. The van der Waals surface area contributed by atoms with E-state index >= 15 is 0 Å². The zero-order chi connectivity index (χ0) is 19.7. The third-order valence-corrected chi connectivity index (χ3v) is 5.05. The number of hydrogen-bond acceptors (Lipinski definition) is 3. The first kappa shape index (κ1) is 19.5. The first-order valence-corrected chi connectivity index (χ1v) is 9.25. The fourth-order valence-electron chi connectivity index (χ4n) is 3.21. The van der Waals surface area contributed by atoms with E-state index < -0.39 is 5.97 Å². The fraction of sp³-hybridized carbons (Fsp3) is 0.238. The van der Waals surface area contributed by atoms with Crippen molar-refractivity contribution in [3.8, 4) is 5.75 Å². The number of aromatic carboxylic acids is 1. The summed E-state index contributed by atoms with van der Waals surface area (Å²) in [5.74, 6) is -0.586. The van der Waals surface area contributed by atoms with Crippen LogP contribution in [0.1, 0.15) is 46.9 Å². The minimum absolute atomic E-state index is 0.0779. The van der Waals surface area contributed by atoms with Crippen molar-refractivity contribution in [3.05, 3.63) is 68.8 Å². The Kier molecular flexibility index (Phi) is 5.59. The highest BCUT2D eigenvalue weighted by molar-refractivity contribution is 6.32. The van der Waals surface area contributed by atoms with Crippen molar-refractivity contribution in [3.63, 3.8) is 0 Å². The van der Waals surface area contributed by atoms with Crippen LogP contribution in [0.5, 0.6) is 5.75 Å². The van der Waals surface area contributed by atoms with Crippen molar-refractivity contribution in [1.29, 1.82) is 0 Å². The molecule has 0 aliphatic rings. The molecular weight excluding hydrogens is 385 g/mol. The molecule has 3 aromatic rings. The summed E-state index contributed by atoms with van der Waals surface area (Å²) in [7, 11) is 1.54. The average Bonchev–Trinajstić information content (AvgIpc) is 2.62. The van der Waals surface area contributed by atoms with Crippen LogP contribution in [0.15, 0.2) is 36.4 Å². The van der Waals surface area contributed by atoms with Crippen LogP contribution in [-0.4, -0.2) is 23.2 Å². The lowest BCUT2D eigenvalue weighted by Gasteiger charge is -2.18. The molecule has 6 heteroatoms. The monoisotopic (exact) mass is 403 g/mol. The number of pyridine rings is 1. The normalized spacial score (nSPS) is 11.2. The van der Waals surface area contributed by atoms with Gasteiger partial charge in [-0.3, -0.25) is 0 Å². The number of fused-ring (bicyclic) bond motifs is 1. The standard InChI is InChI=1S/C21H19Cl2NO3/c1-11(2)19-18(21(25)26)14(8-12-6-4-5-7-16(12)23)15-9-13(22)10-17(27-3)20(15)24-19/h4-7,9-11H,8H2,1-3H3,(H,25,26). The number of carboxylic acids is 1. The minimum atomic E-state index is -1.02. The first-order chi connectivity index (χ1) is 12.8. The van der Waals surface area contributed by atoms with Gasteiger partial charge in [-0.1, -0.05) is 55.2 Å². The molecule has 4 nitrogen and oxygen atoms in total. The molecular formula is C21H19Cl2NO3. The van der Waals surface area contributed by atoms with E-state index in [4.69, 9.17) is 27.9 Å². The summed E-state index contributed by atoms with van der Waals surface area (Å²) in [6, 6.07) is 10.8. The number of hydrogen-bond donors (Lipinski definition) is 1. The second kappa shape index (κ2) is 7.75. The van der Waals surface area contributed by atoms with Crippen molar-refractivity contribution in [2.75, 3.05) is 7.11 Å². The lowest BCUT2D eigenvalue weighted by molar-refractivity contribution is 0.0694. The lowest BCUT2D eigenvalue weighted by Crippen LogP contribution is -2.13. The Morgan fingerprint density at radius 2 is 1.93 bits per heavy atom. The number of benzene rings is 2. The maximum absolute atomic E-state index is 12.2. The van der Waals surface area contributed by atoms with E-state index in [1.165, 1.54) is 0 Å². The summed E-state index contributed by atoms with van der Waals surface area (Å²) in [4.78, 5) is 16.8. The van der Waals surface area contributed by atoms with Crippen LogP contribution < -0.4 is 4.74 Å². The number of carbonyl (C=O) groups is 1. The van der Waals surface area contributed by atoms with Gasteiger partial charge in [-0.05, 0) is 29.2 Å². The van der Waals surface area contributed by atoms with E-state index in [9.17, 15) is 9.90 Å². The van der Waals surface area contributed by atoms with Crippen molar-refractivity contribution in [2.45, 2.75) is 26.2 Å². The molecule has 0 aliphatic carbocycles. The highest BCUT2D eigenvalue weighted by Crippen LogP contribution is 2.36. The number of aromatic nitrogens is 1. The van der Waals surface area contributed by atoms with Gasteiger partial charge >= 0.3 is 5.97 Å². The van der Waals surface area contributed by atoms with E-state index in [1.807, 2.05) is 32.0 Å². The topological polar surface area (TPSA) is 59.4 Å². The molecule has 3 rings (SSSR count). The molecule has 1 heterocycles. The molecule has 0 atom stereocenters. The van der Waals surface area contributed by atoms with Gasteiger partial charge in [0.1, 0.15) is 11.3 Å². The zero-order valence-electron chi connectivity index (χ0n) is 15.2. The highest BCUT2D eigenvalue weighted by Gasteiger charge is 2.24. The molecule has 0 bridgehead atoms. The summed E-state index contributed by atoms with van der Waals surface area (Å²) in [6.07, 6.45) is 0.351. The number of carboxylic acid groups (broad SMARTS) is 1. The maximum Gasteiger partial charge on any atom is 0.337 e. The van der Waals surface area contributed by atoms with Gasteiger partial charge in [0.05, 0.1) is 18.4 Å². The van der Waals surface area contributed by atoms with Gasteiger partial charge in [0.25, 0.3) is 0 Å². The Hall–Kier alpha value is -2.30. The smallest absolute Gasteiger partial charge is 0.337 e. The Labute approximate surface area is 167 Å². The molecule has 0 aliphatic heterocycles. The van der Waals surface area contributed by atoms with Crippen LogP contribution in [0.3, 0.4) is 0 Å². The highest BCUT2D eigenvalue weighted by atomic mass is 35.5. The van der Waals surface area contributed by atoms with Crippen molar-refractivity contribution in [1.82, 2.24) is 4.98 Å². The van der Waals surface area contributed by atoms with Crippen LogP contribution in [0.4, 0.5) is 0 Å². The summed E-state index contributed by atoms with van der Waals surface area (Å²) < 4.78 is 5.45. The van der Waals surface area contributed by atoms with Gasteiger partial charge in [-0.2, -0.15) is 0 Å². The van der Waals surface area contributed by atoms with Crippen LogP contribution in [0.25, 0.3) is 10.9 Å². The molecule has 2 aromatic carbocycles. The van der Waals surface area contributed by atoms with E-state index in [0.29, 0.717) is 44.4 Å². The summed E-state index contributed by atoms with van der Waals surface area (Å²) >= 11 is 12.6. The van der Waals surface area contributed by atoms with E-state index in [-0.39, 0.29) is 11.5 Å². The Morgan fingerprint density at radius 3 is 2.52 bits per heavy atom. The molecule has 0 fully saturated rings. The third kappa shape index (κ3) is 3.73. The van der Waals surface area contributed by atoms with Crippen molar-refractivity contribution < 1.29 is 14.6 Å². The Morgan fingerprint density at radius 1 is 1.22 bits per heavy atom. The molecule has 0 amide bonds. The predicted molar refractivity (Wildman–Crippen MR) is 109 cm³/mol. The van der Waals surface area contributed by atoms with Gasteiger partial charge in [0.15, 0.2) is 0 Å².